The Morgan fingerprint density at radius 2 is 2.08 bits per heavy atom. The van der Waals surface area contributed by atoms with Crippen LogP contribution in [0.15, 0.2) is 24.3 Å². The first kappa shape index (κ1) is 20.5. The maximum absolute atomic E-state index is 12.1. The normalized spacial score (nSPS) is 16.3. The van der Waals surface area contributed by atoms with Crippen molar-refractivity contribution in [2.75, 3.05) is 32.0 Å². The fourth-order valence-electron chi connectivity index (χ4n) is 2.92. The van der Waals surface area contributed by atoms with Crippen molar-refractivity contribution in [2.45, 2.75) is 32.6 Å². The lowest BCUT2D eigenvalue weighted by atomic mass is 10.0. The lowest BCUT2D eigenvalue weighted by Crippen LogP contribution is -2.35. The zero-order chi connectivity index (χ0) is 16.7. The number of carbonyl (C=O) groups is 2. The fraction of sp³-hybridized carbons (Fsp3) is 0.556. The van der Waals surface area contributed by atoms with E-state index in [1.807, 2.05) is 24.3 Å². The van der Waals surface area contributed by atoms with Gasteiger partial charge in [0.1, 0.15) is 0 Å². The minimum atomic E-state index is -0.149. The van der Waals surface area contributed by atoms with Gasteiger partial charge >= 0.3 is 0 Å². The molecule has 1 aliphatic rings. The van der Waals surface area contributed by atoms with E-state index in [0.717, 1.165) is 43.6 Å². The average molecular weight is 354 g/mol. The SMILES string of the molecule is CCc1ccccc1NC(=O)CN(C)C(=O)CCC1CCNC1.Cl. The summed E-state index contributed by atoms with van der Waals surface area (Å²) in [5.41, 5.74) is 1.93. The Hall–Kier alpha value is -1.59. The lowest BCUT2D eigenvalue weighted by molar-refractivity contribution is -0.133. The molecular formula is C18H28ClN3O2. The van der Waals surface area contributed by atoms with Crippen LogP contribution in [0.4, 0.5) is 5.69 Å². The van der Waals surface area contributed by atoms with Crippen molar-refractivity contribution >= 4 is 29.9 Å². The van der Waals surface area contributed by atoms with Gasteiger partial charge in [-0.05, 0) is 49.9 Å². The maximum atomic E-state index is 12.1. The topological polar surface area (TPSA) is 61.4 Å². The predicted molar refractivity (Wildman–Crippen MR) is 99.5 cm³/mol. The number of amides is 2. The van der Waals surface area contributed by atoms with Crippen molar-refractivity contribution in [1.29, 1.82) is 0 Å². The predicted octanol–water partition coefficient (Wildman–Crippen LogP) is 2.46. The van der Waals surface area contributed by atoms with Crippen LogP contribution < -0.4 is 10.6 Å². The number of aryl methyl sites for hydroxylation is 1. The lowest BCUT2D eigenvalue weighted by Gasteiger charge is -2.18. The van der Waals surface area contributed by atoms with Crippen LogP contribution in [0.1, 0.15) is 31.7 Å². The van der Waals surface area contributed by atoms with Gasteiger partial charge in [0.05, 0.1) is 6.54 Å². The fourth-order valence-corrected chi connectivity index (χ4v) is 2.92. The van der Waals surface area contributed by atoms with Crippen LogP contribution in [0.3, 0.4) is 0 Å². The van der Waals surface area contributed by atoms with Crippen LogP contribution in [0.5, 0.6) is 0 Å². The van der Waals surface area contributed by atoms with E-state index in [0.29, 0.717) is 12.3 Å². The highest BCUT2D eigenvalue weighted by Gasteiger charge is 2.18. The van der Waals surface area contributed by atoms with Crippen molar-refractivity contribution < 1.29 is 9.59 Å². The number of nitrogens with zero attached hydrogens (tertiary/aromatic N) is 1. The summed E-state index contributed by atoms with van der Waals surface area (Å²) in [6.07, 6.45) is 3.42. The van der Waals surface area contributed by atoms with Crippen molar-refractivity contribution in [3.63, 3.8) is 0 Å². The Kier molecular flexibility index (Phi) is 8.79. The molecule has 5 nitrogen and oxygen atoms in total. The Bertz CT molecular complexity index is 545. The van der Waals surface area contributed by atoms with E-state index < -0.39 is 0 Å². The number of para-hydroxylation sites is 1. The van der Waals surface area contributed by atoms with E-state index >= 15 is 0 Å². The second kappa shape index (κ2) is 10.3. The second-order valence-electron chi connectivity index (χ2n) is 6.21. The van der Waals surface area contributed by atoms with Gasteiger partial charge in [0.2, 0.25) is 11.8 Å². The third-order valence-corrected chi connectivity index (χ3v) is 4.41. The molecule has 1 heterocycles. The highest BCUT2D eigenvalue weighted by atomic mass is 35.5. The summed E-state index contributed by atoms with van der Waals surface area (Å²) in [7, 11) is 1.69. The van der Waals surface area contributed by atoms with Crippen LogP contribution in [0.25, 0.3) is 0 Å². The molecule has 1 saturated heterocycles. The number of nitrogens with one attached hydrogen (secondary N) is 2. The number of likely N-dealkylation sites (N-methyl/N-ethyl adjacent to an activating group) is 1. The molecule has 2 rings (SSSR count). The smallest absolute Gasteiger partial charge is 0.243 e. The van der Waals surface area contributed by atoms with Gasteiger partial charge in [-0.2, -0.15) is 0 Å². The summed E-state index contributed by atoms with van der Waals surface area (Å²) in [5, 5.41) is 6.21. The number of anilines is 1. The summed E-state index contributed by atoms with van der Waals surface area (Å²) in [6.45, 7) is 4.21. The van der Waals surface area contributed by atoms with Crippen molar-refractivity contribution in [3.8, 4) is 0 Å². The molecule has 1 unspecified atom stereocenters. The molecule has 134 valence electrons. The third-order valence-electron chi connectivity index (χ3n) is 4.41. The second-order valence-corrected chi connectivity index (χ2v) is 6.21. The highest BCUT2D eigenvalue weighted by Crippen LogP contribution is 2.16. The molecule has 0 radical (unpaired) electrons. The Morgan fingerprint density at radius 3 is 2.75 bits per heavy atom. The molecule has 1 aliphatic heterocycles. The standard InChI is InChI=1S/C18H27N3O2.ClH/c1-3-15-6-4-5-7-16(15)20-17(22)13-21(2)18(23)9-8-14-10-11-19-12-14;/h4-7,14,19H,3,8-13H2,1-2H3,(H,20,22);1H. The van der Waals surface area contributed by atoms with Gasteiger partial charge in [-0.25, -0.2) is 0 Å². The van der Waals surface area contributed by atoms with Crippen molar-refractivity contribution in [1.82, 2.24) is 10.2 Å². The van der Waals surface area contributed by atoms with Gasteiger partial charge in [0.15, 0.2) is 0 Å². The van der Waals surface area contributed by atoms with Crippen molar-refractivity contribution in [3.05, 3.63) is 29.8 Å². The van der Waals surface area contributed by atoms with Crippen LogP contribution in [0, 0.1) is 5.92 Å². The molecule has 24 heavy (non-hydrogen) atoms. The van der Waals surface area contributed by atoms with E-state index in [1.165, 1.54) is 4.90 Å². The number of rotatable bonds is 7. The molecule has 0 bridgehead atoms. The number of hydrogen-bond donors (Lipinski definition) is 2. The van der Waals surface area contributed by atoms with Crippen LogP contribution >= 0.6 is 12.4 Å². The number of halogens is 1. The first-order chi connectivity index (χ1) is 11.1. The number of hydrogen-bond acceptors (Lipinski definition) is 3. The van der Waals surface area contributed by atoms with E-state index in [1.54, 1.807) is 7.05 Å². The molecule has 0 aromatic heterocycles. The van der Waals surface area contributed by atoms with Gasteiger partial charge < -0.3 is 15.5 Å². The van der Waals surface area contributed by atoms with E-state index in [4.69, 9.17) is 0 Å². The van der Waals surface area contributed by atoms with Gasteiger partial charge in [-0.3, -0.25) is 9.59 Å². The van der Waals surface area contributed by atoms with Gasteiger partial charge in [-0.1, -0.05) is 25.1 Å². The van der Waals surface area contributed by atoms with E-state index in [-0.39, 0.29) is 30.8 Å². The first-order valence-corrected chi connectivity index (χ1v) is 8.42. The van der Waals surface area contributed by atoms with Crippen LogP contribution in [-0.2, 0) is 16.0 Å². The number of carbonyl (C=O) groups excluding carboxylic acids is 2. The van der Waals surface area contributed by atoms with Gasteiger partial charge in [-0.15, -0.1) is 12.4 Å². The van der Waals surface area contributed by atoms with Gasteiger partial charge in [0, 0.05) is 19.2 Å². The molecule has 1 atom stereocenters. The number of benzene rings is 1. The maximum Gasteiger partial charge on any atom is 0.243 e. The minimum absolute atomic E-state index is 0. The summed E-state index contributed by atoms with van der Waals surface area (Å²) in [5.74, 6) is 0.484. The van der Waals surface area contributed by atoms with E-state index in [9.17, 15) is 9.59 Å². The summed E-state index contributed by atoms with van der Waals surface area (Å²) >= 11 is 0. The quantitative estimate of drug-likeness (QED) is 0.791. The zero-order valence-electron chi connectivity index (χ0n) is 14.5. The van der Waals surface area contributed by atoms with E-state index in [2.05, 4.69) is 17.6 Å². The molecule has 6 heteroatoms. The molecule has 2 amide bonds. The highest BCUT2D eigenvalue weighted by molar-refractivity contribution is 5.95. The largest absolute Gasteiger partial charge is 0.336 e. The third kappa shape index (κ3) is 6.13. The molecule has 0 saturated carbocycles. The minimum Gasteiger partial charge on any atom is -0.336 e. The molecular weight excluding hydrogens is 326 g/mol. The Labute approximate surface area is 150 Å². The molecule has 2 N–H and O–H groups in total. The first-order valence-electron chi connectivity index (χ1n) is 8.42. The summed E-state index contributed by atoms with van der Waals surface area (Å²) in [6, 6.07) is 7.76. The summed E-state index contributed by atoms with van der Waals surface area (Å²) < 4.78 is 0. The molecule has 1 aromatic carbocycles. The molecule has 1 aromatic rings. The summed E-state index contributed by atoms with van der Waals surface area (Å²) in [4.78, 5) is 25.8. The van der Waals surface area contributed by atoms with Crippen molar-refractivity contribution in [2.24, 2.45) is 5.92 Å². The Balaban J connectivity index is 0.00000288. The Morgan fingerprint density at radius 1 is 1.33 bits per heavy atom. The molecule has 0 aliphatic carbocycles. The monoisotopic (exact) mass is 353 g/mol. The zero-order valence-corrected chi connectivity index (χ0v) is 15.3. The molecule has 0 spiro atoms. The average Bonchev–Trinajstić information content (AvgIpc) is 3.06. The molecule has 1 fully saturated rings. The van der Waals surface area contributed by atoms with Crippen LogP contribution in [-0.4, -0.2) is 43.4 Å². The van der Waals surface area contributed by atoms with Gasteiger partial charge in [0.25, 0.3) is 0 Å². The van der Waals surface area contributed by atoms with Crippen LogP contribution in [0.2, 0.25) is 0 Å².